The minimum atomic E-state index is -0.292. The Morgan fingerprint density at radius 3 is 2.75 bits per heavy atom. The normalized spacial score (nSPS) is 26.2. The Morgan fingerprint density at radius 1 is 1.40 bits per heavy atom. The fraction of sp³-hybridized carbons (Fsp3) is 0.643. The lowest BCUT2D eigenvalue weighted by Crippen LogP contribution is -2.44. The topological polar surface area (TPSA) is 93.6 Å². The summed E-state index contributed by atoms with van der Waals surface area (Å²) in [5, 5.41) is 4.09. The number of hydrogen-bond acceptors (Lipinski definition) is 5. The summed E-state index contributed by atoms with van der Waals surface area (Å²) in [5.74, 6) is 2.54. The molecule has 2 aliphatic carbocycles. The van der Waals surface area contributed by atoms with Crippen molar-refractivity contribution in [1.82, 2.24) is 20.1 Å². The summed E-state index contributed by atoms with van der Waals surface area (Å²) in [6.07, 6.45) is 5.97. The molecular formula is C14H19N5O. The van der Waals surface area contributed by atoms with E-state index < -0.39 is 0 Å². The van der Waals surface area contributed by atoms with Crippen molar-refractivity contribution < 1.29 is 4.52 Å². The van der Waals surface area contributed by atoms with Gasteiger partial charge in [0.2, 0.25) is 0 Å². The Labute approximate surface area is 117 Å². The summed E-state index contributed by atoms with van der Waals surface area (Å²) in [6.45, 7) is 4.44. The summed E-state index contributed by atoms with van der Waals surface area (Å²) in [4.78, 5) is 12.1. The highest BCUT2D eigenvalue weighted by molar-refractivity contribution is 5.46. The van der Waals surface area contributed by atoms with E-state index in [0.29, 0.717) is 17.2 Å². The van der Waals surface area contributed by atoms with Crippen molar-refractivity contribution in [1.29, 1.82) is 0 Å². The molecule has 6 nitrogen and oxygen atoms in total. The first-order valence-electron chi connectivity index (χ1n) is 7.16. The summed E-state index contributed by atoms with van der Waals surface area (Å²) in [7, 11) is 0. The molecule has 1 unspecified atom stereocenters. The van der Waals surface area contributed by atoms with Gasteiger partial charge in [-0.25, -0.2) is 4.98 Å². The van der Waals surface area contributed by atoms with Crippen LogP contribution in [0.4, 0.5) is 0 Å². The maximum atomic E-state index is 6.25. The second-order valence-corrected chi connectivity index (χ2v) is 6.86. The van der Waals surface area contributed by atoms with E-state index in [1.165, 1.54) is 0 Å². The molecule has 1 atom stereocenters. The lowest BCUT2D eigenvalue weighted by molar-refractivity contribution is 0.240. The Morgan fingerprint density at radius 2 is 2.15 bits per heavy atom. The quantitative estimate of drug-likeness (QED) is 0.895. The Hall–Kier alpha value is -1.69. The molecule has 2 heterocycles. The standard InChI is InChI=1S/C14H19N5O/c1-13(2)6-8(13)10-18-11(20-19-10)9-7-16-12(17-9)14(15)4-3-5-14/h7-8H,3-6,15H2,1-2H3,(H,16,17). The predicted molar refractivity (Wildman–Crippen MR) is 72.7 cm³/mol. The molecule has 0 spiro atoms. The Balaban J connectivity index is 1.59. The number of rotatable bonds is 3. The molecule has 20 heavy (non-hydrogen) atoms. The van der Waals surface area contributed by atoms with Gasteiger partial charge in [0.05, 0.1) is 11.7 Å². The fourth-order valence-corrected chi connectivity index (χ4v) is 2.87. The molecule has 0 amide bonds. The average molecular weight is 273 g/mol. The van der Waals surface area contributed by atoms with Gasteiger partial charge in [-0.15, -0.1) is 0 Å². The third-order valence-electron chi connectivity index (χ3n) is 4.79. The summed E-state index contributed by atoms with van der Waals surface area (Å²) in [6, 6.07) is 0. The Kier molecular flexibility index (Phi) is 2.23. The summed E-state index contributed by atoms with van der Waals surface area (Å²) >= 11 is 0. The van der Waals surface area contributed by atoms with E-state index in [0.717, 1.165) is 43.0 Å². The van der Waals surface area contributed by atoms with Gasteiger partial charge in [0.15, 0.2) is 5.82 Å². The number of H-pyrrole nitrogens is 1. The van der Waals surface area contributed by atoms with E-state index in [1.807, 2.05) is 0 Å². The minimum absolute atomic E-state index is 0.292. The number of imidazole rings is 1. The highest BCUT2D eigenvalue weighted by Crippen LogP contribution is 2.57. The third kappa shape index (κ3) is 1.71. The van der Waals surface area contributed by atoms with E-state index in [1.54, 1.807) is 6.20 Å². The van der Waals surface area contributed by atoms with Crippen LogP contribution in [0.25, 0.3) is 11.6 Å². The van der Waals surface area contributed by atoms with Gasteiger partial charge >= 0.3 is 0 Å². The maximum absolute atomic E-state index is 6.25. The van der Waals surface area contributed by atoms with Gasteiger partial charge in [0.25, 0.3) is 5.89 Å². The molecule has 2 saturated carbocycles. The van der Waals surface area contributed by atoms with Crippen LogP contribution in [0.1, 0.15) is 57.1 Å². The van der Waals surface area contributed by atoms with Crippen LogP contribution < -0.4 is 5.73 Å². The van der Waals surface area contributed by atoms with Crippen molar-refractivity contribution >= 4 is 0 Å². The number of aromatic amines is 1. The van der Waals surface area contributed by atoms with Gasteiger partial charge in [0.1, 0.15) is 11.5 Å². The largest absolute Gasteiger partial charge is 0.336 e. The van der Waals surface area contributed by atoms with Crippen molar-refractivity contribution in [3.05, 3.63) is 17.8 Å². The predicted octanol–water partition coefficient (Wildman–Crippen LogP) is 2.31. The number of nitrogens with zero attached hydrogens (tertiary/aromatic N) is 3. The van der Waals surface area contributed by atoms with Gasteiger partial charge in [-0.1, -0.05) is 19.0 Å². The molecule has 2 fully saturated rings. The van der Waals surface area contributed by atoms with Gasteiger partial charge in [-0.3, -0.25) is 0 Å². The van der Waals surface area contributed by atoms with Crippen LogP contribution >= 0.6 is 0 Å². The first-order chi connectivity index (χ1) is 9.48. The van der Waals surface area contributed by atoms with Crippen LogP contribution in [0.2, 0.25) is 0 Å². The van der Waals surface area contributed by atoms with Crippen molar-refractivity contribution in [2.24, 2.45) is 11.1 Å². The highest BCUT2D eigenvalue weighted by atomic mass is 16.5. The van der Waals surface area contributed by atoms with Crippen LogP contribution in [0.3, 0.4) is 0 Å². The molecule has 2 aliphatic rings. The second-order valence-electron chi connectivity index (χ2n) is 6.86. The maximum Gasteiger partial charge on any atom is 0.275 e. The highest BCUT2D eigenvalue weighted by Gasteiger charge is 2.49. The van der Waals surface area contributed by atoms with E-state index in [-0.39, 0.29) is 5.54 Å². The van der Waals surface area contributed by atoms with Crippen molar-refractivity contribution in [2.75, 3.05) is 0 Å². The number of nitrogens with two attached hydrogens (primary N) is 1. The number of nitrogens with one attached hydrogen (secondary N) is 1. The van der Waals surface area contributed by atoms with Crippen molar-refractivity contribution in [3.8, 4) is 11.6 Å². The van der Waals surface area contributed by atoms with Gasteiger partial charge in [0, 0.05) is 5.92 Å². The zero-order valence-electron chi connectivity index (χ0n) is 11.8. The molecule has 0 saturated heterocycles. The molecule has 0 aromatic carbocycles. The van der Waals surface area contributed by atoms with Crippen LogP contribution in [-0.4, -0.2) is 20.1 Å². The van der Waals surface area contributed by atoms with E-state index in [9.17, 15) is 0 Å². The monoisotopic (exact) mass is 273 g/mol. The lowest BCUT2D eigenvalue weighted by Gasteiger charge is -2.35. The van der Waals surface area contributed by atoms with Crippen LogP contribution in [-0.2, 0) is 5.54 Å². The molecule has 0 radical (unpaired) electrons. The average Bonchev–Trinajstić information content (AvgIpc) is 2.83. The summed E-state index contributed by atoms with van der Waals surface area (Å²) in [5.41, 5.74) is 7.02. The fourth-order valence-electron chi connectivity index (χ4n) is 2.87. The van der Waals surface area contributed by atoms with Crippen LogP contribution in [0, 0.1) is 5.41 Å². The smallest absolute Gasteiger partial charge is 0.275 e. The van der Waals surface area contributed by atoms with Gasteiger partial charge in [-0.05, 0) is 31.1 Å². The first-order valence-corrected chi connectivity index (χ1v) is 7.16. The van der Waals surface area contributed by atoms with E-state index in [2.05, 4.69) is 34.0 Å². The van der Waals surface area contributed by atoms with Crippen LogP contribution in [0.5, 0.6) is 0 Å². The lowest BCUT2D eigenvalue weighted by atomic mass is 9.77. The third-order valence-corrected chi connectivity index (χ3v) is 4.79. The number of hydrogen-bond donors (Lipinski definition) is 2. The molecule has 2 aromatic heterocycles. The summed E-state index contributed by atoms with van der Waals surface area (Å²) < 4.78 is 5.35. The SMILES string of the molecule is CC1(C)CC1c1noc(-c2cnc(C3(N)CCC3)[nH]2)n1. The minimum Gasteiger partial charge on any atom is -0.336 e. The molecule has 2 aromatic rings. The molecule has 0 aliphatic heterocycles. The number of aromatic nitrogens is 4. The van der Waals surface area contributed by atoms with Gasteiger partial charge < -0.3 is 15.2 Å². The van der Waals surface area contributed by atoms with Crippen molar-refractivity contribution in [3.63, 3.8) is 0 Å². The zero-order chi connectivity index (χ0) is 14.0. The van der Waals surface area contributed by atoms with E-state index in [4.69, 9.17) is 10.3 Å². The molecule has 106 valence electrons. The molecule has 3 N–H and O–H groups in total. The second kappa shape index (κ2) is 3.69. The van der Waals surface area contributed by atoms with E-state index >= 15 is 0 Å². The molecule has 4 rings (SSSR count). The van der Waals surface area contributed by atoms with Gasteiger partial charge in [-0.2, -0.15) is 4.98 Å². The molecular weight excluding hydrogens is 254 g/mol. The Bertz CT molecular complexity index is 652. The molecule has 6 heteroatoms. The van der Waals surface area contributed by atoms with Crippen molar-refractivity contribution in [2.45, 2.75) is 51.0 Å². The van der Waals surface area contributed by atoms with Crippen LogP contribution in [0.15, 0.2) is 10.7 Å². The first kappa shape index (κ1) is 12.1. The molecule has 0 bridgehead atoms. The zero-order valence-corrected chi connectivity index (χ0v) is 11.8.